The molecule has 0 spiro atoms. The van der Waals surface area contributed by atoms with Gasteiger partial charge in [-0.2, -0.15) is 4.98 Å². The summed E-state index contributed by atoms with van der Waals surface area (Å²) in [6.07, 6.45) is 4.41. The predicted octanol–water partition coefficient (Wildman–Crippen LogP) is 2.20. The van der Waals surface area contributed by atoms with Crippen molar-refractivity contribution in [3.05, 3.63) is 12.4 Å². The summed E-state index contributed by atoms with van der Waals surface area (Å²) < 4.78 is 10.6. The van der Waals surface area contributed by atoms with Gasteiger partial charge in [0.2, 0.25) is 5.88 Å². The Balaban J connectivity index is 2.10. The highest BCUT2D eigenvalue weighted by Crippen LogP contribution is 2.09. The Labute approximate surface area is 125 Å². The number of anilines is 1. The zero-order chi connectivity index (χ0) is 15.7. The Kier molecular flexibility index (Phi) is 6.71. The van der Waals surface area contributed by atoms with E-state index in [2.05, 4.69) is 20.6 Å². The maximum absolute atomic E-state index is 11.4. The number of carbonyl (C=O) groups is 1. The number of amides is 1. The van der Waals surface area contributed by atoms with Gasteiger partial charge < -0.3 is 20.1 Å². The Morgan fingerprint density at radius 1 is 1.29 bits per heavy atom. The summed E-state index contributed by atoms with van der Waals surface area (Å²) in [5, 5.41) is 5.60. The van der Waals surface area contributed by atoms with Gasteiger partial charge in [-0.3, -0.25) is 4.98 Å². The number of nitrogens with one attached hydrogen (secondary N) is 2. The number of carbonyl (C=O) groups excluding carboxylic acids is 1. The van der Waals surface area contributed by atoms with E-state index in [-0.39, 0.29) is 0 Å². The van der Waals surface area contributed by atoms with Gasteiger partial charge in [-0.05, 0) is 33.6 Å². The van der Waals surface area contributed by atoms with E-state index < -0.39 is 11.7 Å². The van der Waals surface area contributed by atoms with Gasteiger partial charge in [0.15, 0.2) is 0 Å². The van der Waals surface area contributed by atoms with E-state index in [0.29, 0.717) is 24.8 Å². The largest absolute Gasteiger partial charge is 0.477 e. The smallest absolute Gasteiger partial charge is 0.407 e. The number of nitrogens with zero attached hydrogens (tertiary/aromatic N) is 2. The second-order valence-electron chi connectivity index (χ2n) is 5.48. The molecule has 0 fully saturated rings. The van der Waals surface area contributed by atoms with Crippen molar-refractivity contribution in [2.45, 2.75) is 39.2 Å². The van der Waals surface area contributed by atoms with Gasteiger partial charge in [-0.15, -0.1) is 0 Å². The summed E-state index contributed by atoms with van der Waals surface area (Å²) in [4.78, 5) is 19.6. The minimum Gasteiger partial charge on any atom is -0.477 e. The van der Waals surface area contributed by atoms with Gasteiger partial charge in [0.25, 0.3) is 0 Å². The number of rotatable bonds is 7. The molecule has 0 atom stereocenters. The van der Waals surface area contributed by atoms with Gasteiger partial charge >= 0.3 is 6.09 Å². The molecule has 7 nitrogen and oxygen atoms in total. The number of unbranched alkanes of at least 4 members (excludes halogenated alkanes) is 1. The monoisotopic (exact) mass is 296 g/mol. The van der Waals surface area contributed by atoms with Crippen LogP contribution in [0, 0.1) is 0 Å². The highest BCUT2D eigenvalue weighted by molar-refractivity contribution is 5.67. The molecule has 0 saturated heterocycles. The second kappa shape index (κ2) is 8.28. The van der Waals surface area contributed by atoms with Crippen molar-refractivity contribution in [3.63, 3.8) is 0 Å². The van der Waals surface area contributed by atoms with Crippen molar-refractivity contribution < 1.29 is 14.3 Å². The molecule has 1 rings (SSSR count). The van der Waals surface area contributed by atoms with Gasteiger partial charge in [0, 0.05) is 13.6 Å². The standard InChI is InChI=1S/C14H24N4O3/c1-14(2,3)21-13(19)17-7-5-6-8-20-12-10-16-9-11(15-4)18-12/h9-10H,5-8H2,1-4H3,(H,15,18)(H,17,19). The number of hydrogen-bond donors (Lipinski definition) is 2. The first-order valence-corrected chi connectivity index (χ1v) is 7.00. The molecule has 0 aliphatic rings. The van der Waals surface area contributed by atoms with E-state index in [0.717, 1.165) is 12.8 Å². The van der Waals surface area contributed by atoms with Crippen LogP contribution in [0.2, 0.25) is 0 Å². The molecule has 0 bridgehead atoms. The van der Waals surface area contributed by atoms with Crippen molar-refractivity contribution in [2.75, 3.05) is 25.5 Å². The third kappa shape index (κ3) is 7.96. The summed E-state index contributed by atoms with van der Waals surface area (Å²) in [5.41, 5.74) is -0.468. The molecular weight excluding hydrogens is 272 g/mol. The van der Waals surface area contributed by atoms with Crippen LogP contribution in [0.3, 0.4) is 0 Å². The number of aromatic nitrogens is 2. The van der Waals surface area contributed by atoms with Crippen molar-refractivity contribution in [3.8, 4) is 5.88 Å². The molecule has 0 aliphatic heterocycles. The Bertz CT molecular complexity index is 446. The van der Waals surface area contributed by atoms with Crippen LogP contribution in [0.25, 0.3) is 0 Å². The van der Waals surface area contributed by atoms with E-state index >= 15 is 0 Å². The lowest BCUT2D eigenvalue weighted by Gasteiger charge is -2.19. The average molecular weight is 296 g/mol. The normalized spacial score (nSPS) is 10.9. The molecule has 0 unspecified atom stereocenters. The number of hydrogen-bond acceptors (Lipinski definition) is 6. The fourth-order valence-electron chi connectivity index (χ4n) is 1.45. The molecule has 2 N–H and O–H groups in total. The molecular formula is C14H24N4O3. The van der Waals surface area contributed by atoms with Gasteiger partial charge in [-0.1, -0.05) is 0 Å². The predicted molar refractivity (Wildman–Crippen MR) is 80.5 cm³/mol. The van der Waals surface area contributed by atoms with E-state index in [1.165, 1.54) is 0 Å². The van der Waals surface area contributed by atoms with Crippen molar-refractivity contribution in [1.29, 1.82) is 0 Å². The van der Waals surface area contributed by atoms with Crippen LogP contribution in [0.4, 0.5) is 10.6 Å². The molecule has 0 aliphatic carbocycles. The molecule has 0 aromatic carbocycles. The lowest BCUT2D eigenvalue weighted by molar-refractivity contribution is 0.0526. The molecule has 1 aromatic rings. The molecule has 1 amide bonds. The summed E-state index contributed by atoms with van der Waals surface area (Å²) in [5.74, 6) is 1.15. The third-order valence-electron chi connectivity index (χ3n) is 2.36. The lowest BCUT2D eigenvalue weighted by atomic mass is 10.2. The third-order valence-corrected chi connectivity index (χ3v) is 2.36. The van der Waals surface area contributed by atoms with E-state index in [9.17, 15) is 4.79 Å². The second-order valence-corrected chi connectivity index (χ2v) is 5.48. The van der Waals surface area contributed by atoms with Crippen molar-refractivity contribution >= 4 is 11.9 Å². The van der Waals surface area contributed by atoms with Gasteiger partial charge in [0.05, 0.1) is 19.0 Å². The Morgan fingerprint density at radius 3 is 2.71 bits per heavy atom. The average Bonchev–Trinajstić information content (AvgIpc) is 2.41. The van der Waals surface area contributed by atoms with Gasteiger partial charge in [-0.25, -0.2) is 4.79 Å². The van der Waals surface area contributed by atoms with Crippen LogP contribution < -0.4 is 15.4 Å². The molecule has 7 heteroatoms. The Morgan fingerprint density at radius 2 is 2.05 bits per heavy atom. The highest BCUT2D eigenvalue weighted by atomic mass is 16.6. The van der Waals surface area contributed by atoms with E-state index in [4.69, 9.17) is 9.47 Å². The van der Waals surface area contributed by atoms with Gasteiger partial charge in [0.1, 0.15) is 11.4 Å². The fourth-order valence-corrected chi connectivity index (χ4v) is 1.45. The van der Waals surface area contributed by atoms with Crippen LogP contribution in [0.5, 0.6) is 5.88 Å². The van der Waals surface area contributed by atoms with Crippen LogP contribution >= 0.6 is 0 Å². The highest BCUT2D eigenvalue weighted by Gasteiger charge is 2.15. The zero-order valence-corrected chi connectivity index (χ0v) is 13.1. The maximum Gasteiger partial charge on any atom is 0.407 e. The van der Waals surface area contributed by atoms with Crippen molar-refractivity contribution in [2.24, 2.45) is 0 Å². The molecule has 21 heavy (non-hydrogen) atoms. The lowest BCUT2D eigenvalue weighted by Crippen LogP contribution is -2.33. The maximum atomic E-state index is 11.4. The topological polar surface area (TPSA) is 85.4 Å². The molecule has 1 aromatic heterocycles. The van der Waals surface area contributed by atoms with Crippen LogP contribution in [0.1, 0.15) is 33.6 Å². The first kappa shape index (κ1) is 17.0. The number of alkyl carbamates (subject to hydrolysis) is 1. The summed E-state index contributed by atoms with van der Waals surface area (Å²) in [6, 6.07) is 0. The first-order valence-electron chi connectivity index (χ1n) is 7.00. The molecule has 0 radical (unpaired) electrons. The van der Waals surface area contributed by atoms with Crippen molar-refractivity contribution in [1.82, 2.24) is 15.3 Å². The van der Waals surface area contributed by atoms with Crippen LogP contribution in [-0.2, 0) is 4.74 Å². The summed E-state index contributed by atoms with van der Waals surface area (Å²) in [6.45, 7) is 6.58. The zero-order valence-electron chi connectivity index (χ0n) is 13.1. The van der Waals surface area contributed by atoms with Crippen LogP contribution in [0.15, 0.2) is 12.4 Å². The summed E-state index contributed by atoms with van der Waals surface area (Å²) >= 11 is 0. The fraction of sp³-hybridized carbons (Fsp3) is 0.643. The van der Waals surface area contributed by atoms with E-state index in [1.807, 2.05) is 20.8 Å². The quantitative estimate of drug-likeness (QED) is 0.750. The number of ether oxygens (including phenoxy) is 2. The molecule has 118 valence electrons. The SMILES string of the molecule is CNc1cncc(OCCCCNC(=O)OC(C)(C)C)n1. The molecule has 1 heterocycles. The van der Waals surface area contributed by atoms with E-state index in [1.54, 1.807) is 19.4 Å². The van der Waals surface area contributed by atoms with Crippen LogP contribution in [-0.4, -0.2) is 41.9 Å². The molecule has 0 saturated carbocycles. The minimum absolute atomic E-state index is 0.393. The first-order chi connectivity index (χ1) is 9.90. The summed E-state index contributed by atoms with van der Waals surface area (Å²) in [7, 11) is 1.77. The minimum atomic E-state index is -0.468. The Hall–Kier alpha value is -2.05.